The largest absolute Gasteiger partial charge is 0.379 e. The molecule has 7 nitrogen and oxygen atoms in total. The Morgan fingerprint density at radius 2 is 2.22 bits per heavy atom. The van der Waals surface area contributed by atoms with Crippen molar-refractivity contribution >= 4 is 41.5 Å². The average Bonchev–Trinajstić information content (AvgIpc) is 3.13. The molecule has 1 saturated heterocycles. The van der Waals surface area contributed by atoms with Crippen LogP contribution in [-0.4, -0.2) is 51.4 Å². The SMILES string of the molecule is CN=C(NCCCOCC1CCCO1)NCc1cccc(NC(C)=O)c1.I. The standard InChI is InChI=1S/C19H30N4O3.HI/c1-15(24)23-17-7-3-6-16(12-17)13-22-19(20-2)21-9-5-10-25-14-18-8-4-11-26-18;/h3,6-7,12,18H,4-5,8-11,13-14H2,1-2H3,(H,23,24)(H2,20,21,22);1H. The minimum atomic E-state index is -0.0747. The summed E-state index contributed by atoms with van der Waals surface area (Å²) >= 11 is 0. The Bertz CT molecular complexity index is 592. The number of rotatable bonds is 9. The molecule has 1 aliphatic heterocycles. The molecule has 27 heavy (non-hydrogen) atoms. The summed E-state index contributed by atoms with van der Waals surface area (Å²) < 4.78 is 11.2. The Morgan fingerprint density at radius 3 is 2.93 bits per heavy atom. The van der Waals surface area contributed by atoms with Gasteiger partial charge in [-0.15, -0.1) is 24.0 Å². The lowest BCUT2D eigenvalue weighted by Crippen LogP contribution is -2.37. The molecule has 1 unspecified atom stereocenters. The fourth-order valence-corrected chi connectivity index (χ4v) is 2.74. The number of carbonyl (C=O) groups excluding carboxylic acids is 1. The van der Waals surface area contributed by atoms with Crippen LogP contribution >= 0.6 is 24.0 Å². The van der Waals surface area contributed by atoms with Gasteiger partial charge in [0.2, 0.25) is 5.91 Å². The van der Waals surface area contributed by atoms with E-state index < -0.39 is 0 Å². The van der Waals surface area contributed by atoms with Crippen molar-refractivity contribution in [3.05, 3.63) is 29.8 Å². The van der Waals surface area contributed by atoms with Gasteiger partial charge in [-0.1, -0.05) is 12.1 Å². The quantitative estimate of drug-likeness (QED) is 0.215. The zero-order valence-electron chi connectivity index (χ0n) is 16.1. The molecule has 1 fully saturated rings. The van der Waals surface area contributed by atoms with Gasteiger partial charge in [0.15, 0.2) is 5.96 Å². The van der Waals surface area contributed by atoms with Gasteiger partial charge in [-0.3, -0.25) is 9.79 Å². The van der Waals surface area contributed by atoms with Crippen LogP contribution < -0.4 is 16.0 Å². The highest BCUT2D eigenvalue weighted by Crippen LogP contribution is 2.12. The van der Waals surface area contributed by atoms with Crippen molar-refractivity contribution in [3.63, 3.8) is 0 Å². The van der Waals surface area contributed by atoms with E-state index >= 15 is 0 Å². The Balaban J connectivity index is 0.00000364. The van der Waals surface area contributed by atoms with E-state index in [9.17, 15) is 4.79 Å². The number of amides is 1. The van der Waals surface area contributed by atoms with Crippen LogP contribution in [0.3, 0.4) is 0 Å². The Hall–Kier alpha value is -1.39. The average molecular weight is 490 g/mol. The summed E-state index contributed by atoms with van der Waals surface area (Å²) in [5.74, 6) is 0.670. The van der Waals surface area contributed by atoms with E-state index in [1.165, 1.54) is 6.92 Å². The maximum absolute atomic E-state index is 11.1. The van der Waals surface area contributed by atoms with E-state index in [0.717, 1.165) is 49.6 Å². The first-order chi connectivity index (χ1) is 12.7. The number of hydrogen-bond acceptors (Lipinski definition) is 4. The molecule has 1 amide bonds. The molecule has 0 aromatic heterocycles. The van der Waals surface area contributed by atoms with Gasteiger partial charge < -0.3 is 25.4 Å². The van der Waals surface area contributed by atoms with Crippen molar-refractivity contribution in [1.29, 1.82) is 0 Å². The number of guanidine groups is 1. The van der Waals surface area contributed by atoms with Gasteiger partial charge in [-0.2, -0.15) is 0 Å². The van der Waals surface area contributed by atoms with Crippen LogP contribution in [0, 0.1) is 0 Å². The summed E-state index contributed by atoms with van der Waals surface area (Å²) in [5, 5.41) is 9.33. The first-order valence-electron chi connectivity index (χ1n) is 9.18. The number of hydrogen-bond donors (Lipinski definition) is 3. The lowest BCUT2D eigenvalue weighted by molar-refractivity contribution is -0.114. The van der Waals surface area contributed by atoms with E-state index in [4.69, 9.17) is 9.47 Å². The molecule has 1 atom stereocenters. The highest BCUT2D eigenvalue weighted by Gasteiger charge is 2.14. The first kappa shape index (κ1) is 23.6. The summed E-state index contributed by atoms with van der Waals surface area (Å²) in [6, 6.07) is 7.74. The molecule has 0 radical (unpaired) electrons. The van der Waals surface area contributed by atoms with Gasteiger partial charge in [-0.05, 0) is 37.0 Å². The molecule has 8 heteroatoms. The van der Waals surface area contributed by atoms with Crippen molar-refractivity contribution in [3.8, 4) is 0 Å². The predicted octanol–water partition coefficient (Wildman–Crippen LogP) is 2.51. The van der Waals surface area contributed by atoms with Crippen LogP contribution in [0.1, 0.15) is 31.7 Å². The third-order valence-corrected chi connectivity index (χ3v) is 4.02. The van der Waals surface area contributed by atoms with Crippen LogP contribution in [-0.2, 0) is 20.8 Å². The highest BCUT2D eigenvalue weighted by atomic mass is 127. The highest BCUT2D eigenvalue weighted by molar-refractivity contribution is 14.0. The number of aliphatic imine (C=N–C) groups is 1. The van der Waals surface area contributed by atoms with Crippen LogP contribution in [0.25, 0.3) is 0 Å². The first-order valence-corrected chi connectivity index (χ1v) is 9.18. The summed E-state index contributed by atoms with van der Waals surface area (Å²) in [4.78, 5) is 15.4. The zero-order valence-corrected chi connectivity index (χ0v) is 18.5. The maximum Gasteiger partial charge on any atom is 0.221 e. The van der Waals surface area contributed by atoms with Crippen molar-refractivity contribution in [2.75, 3.05) is 38.7 Å². The molecular formula is C19H31IN4O3. The number of anilines is 1. The fourth-order valence-electron chi connectivity index (χ4n) is 2.74. The Kier molecular flexibility index (Phi) is 12.0. The summed E-state index contributed by atoms with van der Waals surface area (Å²) in [6.45, 7) is 5.19. The number of halogens is 1. The molecular weight excluding hydrogens is 459 g/mol. The topological polar surface area (TPSA) is 84.0 Å². The van der Waals surface area contributed by atoms with Gasteiger partial charge in [0.1, 0.15) is 0 Å². The molecule has 0 spiro atoms. The van der Waals surface area contributed by atoms with E-state index in [1.54, 1.807) is 7.05 Å². The van der Waals surface area contributed by atoms with Gasteiger partial charge in [0.05, 0.1) is 12.7 Å². The predicted molar refractivity (Wildman–Crippen MR) is 119 cm³/mol. The molecule has 0 aliphatic carbocycles. The number of nitrogens with zero attached hydrogens (tertiary/aromatic N) is 1. The minimum absolute atomic E-state index is 0. The fraction of sp³-hybridized carbons (Fsp3) is 0.579. The van der Waals surface area contributed by atoms with Crippen LogP contribution in [0.15, 0.2) is 29.3 Å². The van der Waals surface area contributed by atoms with Crippen molar-refractivity contribution in [2.24, 2.45) is 4.99 Å². The molecule has 2 rings (SSSR count). The Labute approximate surface area is 178 Å². The molecule has 1 heterocycles. The monoisotopic (exact) mass is 490 g/mol. The molecule has 1 aliphatic rings. The van der Waals surface area contributed by atoms with Crippen molar-refractivity contribution in [2.45, 2.75) is 38.8 Å². The van der Waals surface area contributed by atoms with E-state index in [0.29, 0.717) is 19.8 Å². The van der Waals surface area contributed by atoms with Crippen molar-refractivity contribution in [1.82, 2.24) is 10.6 Å². The molecule has 3 N–H and O–H groups in total. The molecule has 1 aromatic rings. The van der Waals surface area contributed by atoms with E-state index in [1.807, 2.05) is 24.3 Å². The zero-order chi connectivity index (χ0) is 18.6. The van der Waals surface area contributed by atoms with Crippen LogP contribution in [0.2, 0.25) is 0 Å². The van der Waals surface area contributed by atoms with Crippen LogP contribution in [0.5, 0.6) is 0 Å². The lowest BCUT2D eigenvalue weighted by atomic mass is 10.2. The van der Waals surface area contributed by atoms with Gasteiger partial charge >= 0.3 is 0 Å². The number of carbonyl (C=O) groups is 1. The third kappa shape index (κ3) is 9.92. The van der Waals surface area contributed by atoms with Gasteiger partial charge in [-0.25, -0.2) is 0 Å². The smallest absolute Gasteiger partial charge is 0.221 e. The number of ether oxygens (including phenoxy) is 2. The van der Waals surface area contributed by atoms with E-state index in [2.05, 4.69) is 20.9 Å². The second-order valence-corrected chi connectivity index (χ2v) is 6.30. The third-order valence-electron chi connectivity index (χ3n) is 4.02. The second-order valence-electron chi connectivity index (χ2n) is 6.30. The van der Waals surface area contributed by atoms with Crippen molar-refractivity contribution < 1.29 is 14.3 Å². The summed E-state index contributed by atoms with van der Waals surface area (Å²) in [6.07, 6.45) is 3.44. The molecule has 0 saturated carbocycles. The number of benzene rings is 1. The second kappa shape index (κ2) is 13.7. The van der Waals surface area contributed by atoms with Gasteiger partial charge in [0, 0.05) is 46.0 Å². The summed E-state index contributed by atoms with van der Waals surface area (Å²) in [7, 11) is 1.75. The molecule has 1 aromatic carbocycles. The minimum Gasteiger partial charge on any atom is -0.379 e. The van der Waals surface area contributed by atoms with E-state index in [-0.39, 0.29) is 36.0 Å². The summed E-state index contributed by atoms with van der Waals surface area (Å²) in [5.41, 5.74) is 1.86. The lowest BCUT2D eigenvalue weighted by Gasteiger charge is -2.13. The normalized spacial score (nSPS) is 16.5. The Morgan fingerprint density at radius 1 is 1.37 bits per heavy atom. The molecule has 0 bridgehead atoms. The number of nitrogens with one attached hydrogen (secondary N) is 3. The van der Waals surface area contributed by atoms with Crippen LogP contribution in [0.4, 0.5) is 5.69 Å². The molecule has 152 valence electrons. The van der Waals surface area contributed by atoms with Gasteiger partial charge in [0.25, 0.3) is 0 Å². The maximum atomic E-state index is 11.1.